The standard InChI is InChI=1S/C15H18BrNO3/c1-10-2-5-14(18)17(7-6-10)9-12-4-3-11(15(19)20)8-13(12)16/h3-4,8,10H,2,5-7,9H2,1H3,(H,19,20). The number of amides is 1. The Morgan fingerprint density at radius 1 is 1.45 bits per heavy atom. The molecule has 1 aliphatic rings. The van der Waals surface area contributed by atoms with Crippen LogP contribution in [0, 0.1) is 5.92 Å². The Bertz CT molecular complexity index is 530. The van der Waals surface area contributed by atoms with E-state index in [-0.39, 0.29) is 11.5 Å². The number of likely N-dealkylation sites (tertiary alicyclic amines) is 1. The van der Waals surface area contributed by atoms with Gasteiger partial charge in [0.2, 0.25) is 5.91 Å². The number of aromatic carboxylic acids is 1. The van der Waals surface area contributed by atoms with Crippen molar-refractivity contribution >= 4 is 27.8 Å². The lowest BCUT2D eigenvalue weighted by molar-refractivity contribution is -0.131. The second kappa shape index (κ2) is 6.39. The molecule has 4 nitrogen and oxygen atoms in total. The molecule has 20 heavy (non-hydrogen) atoms. The van der Waals surface area contributed by atoms with Crippen LogP contribution in [0.1, 0.15) is 42.1 Å². The summed E-state index contributed by atoms with van der Waals surface area (Å²) in [6.07, 6.45) is 2.58. The van der Waals surface area contributed by atoms with Crippen LogP contribution in [0.3, 0.4) is 0 Å². The van der Waals surface area contributed by atoms with Crippen molar-refractivity contribution in [2.75, 3.05) is 6.54 Å². The molecule has 0 aliphatic carbocycles. The molecule has 1 fully saturated rings. The molecule has 5 heteroatoms. The number of hydrogen-bond acceptors (Lipinski definition) is 2. The van der Waals surface area contributed by atoms with Gasteiger partial charge in [-0.1, -0.05) is 28.9 Å². The van der Waals surface area contributed by atoms with Crippen molar-refractivity contribution in [2.45, 2.75) is 32.7 Å². The molecule has 1 atom stereocenters. The van der Waals surface area contributed by atoms with Gasteiger partial charge in [0, 0.05) is 24.0 Å². The van der Waals surface area contributed by atoms with Crippen molar-refractivity contribution in [1.82, 2.24) is 4.90 Å². The predicted molar refractivity (Wildman–Crippen MR) is 79.5 cm³/mol. The Hall–Kier alpha value is -1.36. The van der Waals surface area contributed by atoms with E-state index in [9.17, 15) is 9.59 Å². The molecule has 1 unspecified atom stereocenters. The Labute approximate surface area is 126 Å². The number of hydrogen-bond donors (Lipinski definition) is 1. The number of carboxylic acid groups (broad SMARTS) is 1. The zero-order valence-electron chi connectivity index (χ0n) is 11.4. The number of carbonyl (C=O) groups excluding carboxylic acids is 1. The second-order valence-corrected chi connectivity index (χ2v) is 6.21. The summed E-state index contributed by atoms with van der Waals surface area (Å²) in [5, 5.41) is 8.94. The Balaban J connectivity index is 2.13. The number of nitrogens with zero attached hydrogens (tertiary/aromatic N) is 1. The molecular weight excluding hydrogens is 322 g/mol. The zero-order chi connectivity index (χ0) is 14.7. The van der Waals surface area contributed by atoms with Crippen molar-refractivity contribution in [3.05, 3.63) is 33.8 Å². The molecule has 1 heterocycles. The smallest absolute Gasteiger partial charge is 0.335 e. The van der Waals surface area contributed by atoms with Crippen LogP contribution >= 0.6 is 15.9 Å². The molecule has 1 aromatic carbocycles. The van der Waals surface area contributed by atoms with Crippen molar-refractivity contribution < 1.29 is 14.7 Å². The van der Waals surface area contributed by atoms with Crippen LogP contribution in [-0.2, 0) is 11.3 Å². The summed E-state index contributed by atoms with van der Waals surface area (Å²) in [5.74, 6) is -0.178. The zero-order valence-corrected chi connectivity index (χ0v) is 13.0. The highest BCUT2D eigenvalue weighted by Crippen LogP contribution is 2.23. The molecule has 1 amide bonds. The first-order valence-electron chi connectivity index (χ1n) is 6.77. The molecule has 0 aromatic heterocycles. The van der Waals surface area contributed by atoms with Crippen LogP contribution < -0.4 is 0 Å². The SMILES string of the molecule is CC1CCC(=O)N(Cc2ccc(C(=O)O)cc2Br)CC1. The monoisotopic (exact) mass is 339 g/mol. The third-order valence-electron chi connectivity index (χ3n) is 3.76. The van der Waals surface area contributed by atoms with Gasteiger partial charge in [-0.2, -0.15) is 0 Å². The minimum absolute atomic E-state index is 0.184. The quantitative estimate of drug-likeness (QED) is 0.919. The fourth-order valence-electron chi connectivity index (χ4n) is 2.35. The van der Waals surface area contributed by atoms with E-state index in [0.717, 1.165) is 29.4 Å². The number of carbonyl (C=O) groups is 2. The van der Waals surface area contributed by atoms with Gasteiger partial charge in [0.25, 0.3) is 0 Å². The van der Waals surface area contributed by atoms with Crippen LogP contribution in [0.2, 0.25) is 0 Å². The molecule has 1 aromatic rings. The maximum absolute atomic E-state index is 12.1. The molecule has 1 N–H and O–H groups in total. The minimum atomic E-state index is -0.947. The van der Waals surface area contributed by atoms with Gasteiger partial charge in [-0.3, -0.25) is 4.79 Å². The molecule has 1 aliphatic heterocycles. The lowest BCUT2D eigenvalue weighted by Gasteiger charge is -2.21. The summed E-state index contributed by atoms with van der Waals surface area (Å²) in [5.41, 5.74) is 1.19. The first-order valence-corrected chi connectivity index (χ1v) is 7.56. The summed E-state index contributed by atoms with van der Waals surface area (Å²) in [6.45, 7) is 3.48. The summed E-state index contributed by atoms with van der Waals surface area (Å²) < 4.78 is 0.738. The van der Waals surface area contributed by atoms with E-state index in [4.69, 9.17) is 5.11 Å². The first-order chi connectivity index (χ1) is 9.47. The van der Waals surface area contributed by atoms with Gasteiger partial charge in [0.1, 0.15) is 0 Å². The first kappa shape index (κ1) is 15.0. The molecule has 0 saturated carbocycles. The molecule has 0 radical (unpaired) electrons. The highest BCUT2D eigenvalue weighted by molar-refractivity contribution is 9.10. The molecule has 1 saturated heterocycles. The van der Waals surface area contributed by atoms with Crippen LogP contribution in [0.15, 0.2) is 22.7 Å². The molecular formula is C15H18BrNO3. The van der Waals surface area contributed by atoms with E-state index in [1.165, 1.54) is 0 Å². The average molecular weight is 340 g/mol. The third kappa shape index (κ3) is 3.60. The average Bonchev–Trinajstić information content (AvgIpc) is 2.56. The van der Waals surface area contributed by atoms with E-state index in [1.54, 1.807) is 18.2 Å². The van der Waals surface area contributed by atoms with Crippen molar-refractivity contribution in [1.29, 1.82) is 0 Å². The van der Waals surface area contributed by atoms with Gasteiger partial charge in [-0.05, 0) is 36.5 Å². The van der Waals surface area contributed by atoms with Crippen LogP contribution in [0.25, 0.3) is 0 Å². The molecule has 2 rings (SSSR count). The van der Waals surface area contributed by atoms with E-state index >= 15 is 0 Å². The predicted octanol–water partition coefficient (Wildman–Crippen LogP) is 3.30. The van der Waals surface area contributed by atoms with Crippen molar-refractivity contribution in [3.63, 3.8) is 0 Å². The Morgan fingerprint density at radius 2 is 2.20 bits per heavy atom. The van der Waals surface area contributed by atoms with Crippen molar-refractivity contribution in [3.8, 4) is 0 Å². The van der Waals surface area contributed by atoms with Gasteiger partial charge in [-0.15, -0.1) is 0 Å². The van der Waals surface area contributed by atoms with Crippen molar-refractivity contribution in [2.24, 2.45) is 5.92 Å². The Kier molecular flexibility index (Phi) is 4.81. The van der Waals surface area contributed by atoms with Gasteiger partial charge in [0.15, 0.2) is 0 Å². The molecule has 0 spiro atoms. The number of carboxylic acids is 1. The second-order valence-electron chi connectivity index (χ2n) is 5.36. The van der Waals surface area contributed by atoms with Gasteiger partial charge in [-0.25, -0.2) is 4.79 Å². The minimum Gasteiger partial charge on any atom is -0.478 e. The molecule has 108 valence electrons. The van der Waals surface area contributed by atoms with Gasteiger partial charge < -0.3 is 10.0 Å². The highest BCUT2D eigenvalue weighted by Gasteiger charge is 2.21. The fourth-order valence-corrected chi connectivity index (χ4v) is 2.86. The molecule has 0 bridgehead atoms. The number of benzene rings is 1. The summed E-state index contributed by atoms with van der Waals surface area (Å²) in [4.78, 5) is 24.8. The van der Waals surface area contributed by atoms with Gasteiger partial charge >= 0.3 is 5.97 Å². The Morgan fingerprint density at radius 3 is 2.85 bits per heavy atom. The normalized spacial score (nSPS) is 19.8. The topological polar surface area (TPSA) is 57.6 Å². The number of halogens is 1. The lowest BCUT2D eigenvalue weighted by Crippen LogP contribution is -2.29. The van der Waals surface area contributed by atoms with E-state index in [1.807, 2.05) is 4.90 Å². The summed E-state index contributed by atoms with van der Waals surface area (Å²) in [7, 11) is 0. The lowest BCUT2D eigenvalue weighted by atomic mass is 10.0. The summed E-state index contributed by atoms with van der Waals surface area (Å²) >= 11 is 3.39. The maximum atomic E-state index is 12.1. The van der Waals surface area contributed by atoms with E-state index in [2.05, 4.69) is 22.9 Å². The third-order valence-corrected chi connectivity index (χ3v) is 4.49. The van der Waals surface area contributed by atoms with E-state index < -0.39 is 5.97 Å². The van der Waals surface area contributed by atoms with Crippen LogP contribution in [-0.4, -0.2) is 28.4 Å². The van der Waals surface area contributed by atoms with Gasteiger partial charge in [0.05, 0.1) is 5.56 Å². The fraction of sp³-hybridized carbons (Fsp3) is 0.467. The summed E-state index contributed by atoms with van der Waals surface area (Å²) in [6, 6.07) is 4.94. The number of rotatable bonds is 3. The van der Waals surface area contributed by atoms with E-state index in [0.29, 0.717) is 18.9 Å². The van der Waals surface area contributed by atoms with Crippen LogP contribution in [0.4, 0.5) is 0 Å². The van der Waals surface area contributed by atoms with Crippen LogP contribution in [0.5, 0.6) is 0 Å². The largest absolute Gasteiger partial charge is 0.478 e. The highest BCUT2D eigenvalue weighted by atomic mass is 79.9. The maximum Gasteiger partial charge on any atom is 0.335 e.